The Morgan fingerprint density at radius 2 is 1.88 bits per heavy atom. The van der Waals surface area contributed by atoms with Crippen molar-refractivity contribution in [2.24, 2.45) is 5.92 Å². The lowest BCUT2D eigenvalue weighted by atomic mass is 9.77. The first kappa shape index (κ1) is 23.6. The molecular formula is C25H32N4O3S2. The van der Waals surface area contributed by atoms with E-state index in [0.29, 0.717) is 24.6 Å². The summed E-state index contributed by atoms with van der Waals surface area (Å²) in [4.78, 5) is 21.4. The molecule has 2 atom stereocenters. The number of nitrogens with zero attached hydrogens (tertiary/aromatic N) is 3. The molecule has 5 rings (SSSR count). The molecule has 2 heterocycles. The highest BCUT2D eigenvalue weighted by Gasteiger charge is 2.47. The second kappa shape index (κ2) is 9.15. The lowest BCUT2D eigenvalue weighted by Gasteiger charge is -2.41. The van der Waals surface area contributed by atoms with E-state index in [1.54, 1.807) is 11.3 Å². The molecule has 34 heavy (non-hydrogen) atoms. The largest absolute Gasteiger partial charge is 0.368 e. The van der Waals surface area contributed by atoms with Gasteiger partial charge in [0.15, 0.2) is 0 Å². The van der Waals surface area contributed by atoms with Gasteiger partial charge < -0.3 is 10.2 Å². The first-order chi connectivity index (χ1) is 16.3. The molecule has 0 spiro atoms. The molecule has 2 saturated carbocycles. The maximum absolute atomic E-state index is 13.2. The number of nitrogens with one attached hydrogen (secondary N) is 1. The fourth-order valence-corrected chi connectivity index (χ4v) is 7.57. The van der Waals surface area contributed by atoms with Gasteiger partial charge in [0, 0.05) is 41.1 Å². The van der Waals surface area contributed by atoms with Crippen molar-refractivity contribution in [1.82, 2.24) is 10.3 Å². The third-order valence-corrected chi connectivity index (χ3v) is 10.2. The zero-order valence-corrected chi connectivity index (χ0v) is 21.1. The minimum absolute atomic E-state index is 0.0205. The molecule has 1 amide bonds. The zero-order chi connectivity index (χ0) is 23.9. The minimum Gasteiger partial charge on any atom is -0.368 e. The predicted octanol–water partition coefficient (Wildman–Crippen LogP) is 5.14. The summed E-state index contributed by atoms with van der Waals surface area (Å²) in [7, 11) is -2.41. The Kier molecular flexibility index (Phi) is 6.36. The van der Waals surface area contributed by atoms with E-state index < -0.39 is 16.1 Å². The van der Waals surface area contributed by atoms with Crippen LogP contribution >= 0.6 is 21.9 Å². The SMILES string of the molecule is Cc1nc(-c2ccc(N3CCS(O)(O)CC3)cc2)c([C@@H]2CCCC[C@H]2C(=O)NC2(C#N)CC2)s1. The number of carbonyl (C=O) groups excluding carboxylic acids is 1. The van der Waals surface area contributed by atoms with E-state index in [9.17, 15) is 19.2 Å². The van der Waals surface area contributed by atoms with E-state index in [4.69, 9.17) is 4.98 Å². The molecule has 0 unspecified atom stereocenters. The number of nitriles is 1. The van der Waals surface area contributed by atoms with E-state index in [0.717, 1.165) is 60.5 Å². The van der Waals surface area contributed by atoms with E-state index in [1.807, 2.05) is 6.92 Å². The van der Waals surface area contributed by atoms with Crippen LogP contribution in [0.1, 0.15) is 54.3 Å². The van der Waals surface area contributed by atoms with Gasteiger partial charge in [-0.2, -0.15) is 15.9 Å². The van der Waals surface area contributed by atoms with Crippen LogP contribution in [0.15, 0.2) is 24.3 Å². The number of carbonyl (C=O) groups is 1. The Morgan fingerprint density at radius 3 is 2.53 bits per heavy atom. The van der Waals surface area contributed by atoms with Crippen LogP contribution in [-0.2, 0) is 4.79 Å². The molecule has 1 aliphatic heterocycles. The van der Waals surface area contributed by atoms with Crippen LogP contribution in [0.5, 0.6) is 0 Å². The Labute approximate surface area is 206 Å². The molecule has 2 aliphatic carbocycles. The number of anilines is 1. The van der Waals surface area contributed by atoms with Crippen molar-refractivity contribution in [3.8, 4) is 17.3 Å². The Bertz CT molecular complexity index is 1090. The molecular weight excluding hydrogens is 468 g/mol. The highest BCUT2D eigenvalue weighted by Crippen LogP contribution is 2.46. The summed E-state index contributed by atoms with van der Waals surface area (Å²) >= 11 is 1.69. The number of hydrogen-bond donors (Lipinski definition) is 3. The molecule has 1 aromatic heterocycles. The smallest absolute Gasteiger partial charge is 0.224 e. The number of benzene rings is 1. The maximum Gasteiger partial charge on any atom is 0.224 e. The first-order valence-electron chi connectivity index (χ1n) is 12.1. The topological polar surface area (TPSA) is 109 Å². The lowest BCUT2D eigenvalue weighted by Crippen LogP contribution is -2.42. The van der Waals surface area contributed by atoms with E-state index >= 15 is 0 Å². The molecule has 0 radical (unpaired) electrons. The third kappa shape index (κ3) is 4.82. The summed E-state index contributed by atoms with van der Waals surface area (Å²) in [6.07, 6.45) is 5.45. The summed E-state index contributed by atoms with van der Waals surface area (Å²) < 4.78 is 19.8. The van der Waals surface area contributed by atoms with Crippen LogP contribution in [0, 0.1) is 24.2 Å². The molecule has 3 aliphatic rings. The summed E-state index contributed by atoms with van der Waals surface area (Å²) in [6.45, 7) is 3.31. The second-order valence-electron chi connectivity index (χ2n) is 9.87. The van der Waals surface area contributed by atoms with E-state index in [1.165, 1.54) is 4.88 Å². The van der Waals surface area contributed by atoms with Crippen LogP contribution in [0.3, 0.4) is 0 Å². The van der Waals surface area contributed by atoms with E-state index in [-0.39, 0.29) is 17.7 Å². The quantitative estimate of drug-likeness (QED) is 0.525. The van der Waals surface area contributed by atoms with Crippen LogP contribution in [0.4, 0.5) is 5.69 Å². The predicted molar refractivity (Wildman–Crippen MR) is 138 cm³/mol. The summed E-state index contributed by atoms with van der Waals surface area (Å²) in [5, 5.41) is 13.5. The number of aromatic nitrogens is 1. The molecule has 182 valence electrons. The Morgan fingerprint density at radius 1 is 1.21 bits per heavy atom. The second-order valence-corrected chi connectivity index (χ2v) is 13.5. The number of rotatable bonds is 5. The van der Waals surface area contributed by atoms with Gasteiger partial charge in [-0.15, -0.1) is 11.3 Å². The molecule has 3 fully saturated rings. The van der Waals surface area contributed by atoms with Gasteiger partial charge in [0.05, 0.1) is 28.3 Å². The molecule has 3 N–H and O–H groups in total. The Balaban J connectivity index is 1.37. The molecule has 1 saturated heterocycles. The van der Waals surface area contributed by atoms with Crippen molar-refractivity contribution < 1.29 is 13.9 Å². The van der Waals surface area contributed by atoms with Crippen molar-refractivity contribution in [2.75, 3.05) is 29.5 Å². The van der Waals surface area contributed by atoms with Gasteiger partial charge in [0.2, 0.25) is 5.91 Å². The van der Waals surface area contributed by atoms with Crippen molar-refractivity contribution in [2.45, 2.75) is 56.9 Å². The molecule has 7 nitrogen and oxygen atoms in total. The van der Waals surface area contributed by atoms with Crippen molar-refractivity contribution in [1.29, 1.82) is 5.26 Å². The van der Waals surface area contributed by atoms with Crippen molar-refractivity contribution in [3.05, 3.63) is 34.2 Å². The average Bonchev–Trinajstić information content (AvgIpc) is 3.50. The number of amides is 1. The first-order valence-corrected chi connectivity index (χ1v) is 14.8. The highest BCUT2D eigenvalue weighted by atomic mass is 32.3. The average molecular weight is 501 g/mol. The van der Waals surface area contributed by atoms with Gasteiger partial charge in [0.25, 0.3) is 0 Å². The number of hydrogen-bond acceptors (Lipinski definition) is 7. The van der Waals surface area contributed by atoms with Gasteiger partial charge >= 0.3 is 0 Å². The summed E-state index contributed by atoms with van der Waals surface area (Å²) in [6, 6.07) is 10.6. The van der Waals surface area contributed by atoms with Crippen LogP contribution in [-0.4, -0.2) is 50.1 Å². The normalized spacial score (nSPS) is 26.4. The lowest BCUT2D eigenvalue weighted by molar-refractivity contribution is -0.127. The van der Waals surface area contributed by atoms with Crippen LogP contribution in [0.25, 0.3) is 11.3 Å². The maximum atomic E-state index is 13.2. The van der Waals surface area contributed by atoms with E-state index in [2.05, 4.69) is 40.6 Å². The van der Waals surface area contributed by atoms with Crippen LogP contribution < -0.4 is 10.2 Å². The van der Waals surface area contributed by atoms with Gasteiger partial charge in [-0.1, -0.05) is 25.0 Å². The Hall–Kier alpha value is -2.12. The van der Waals surface area contributed by atoms with Gasteiger partial charge in [0.1, 0.15) is 5.54 Å². The van der Waals surface area contributed by atoms with Crippen molar-refractivity contribution in [3.63, 3.8) is 0 Å². The monoisotopic (exact) mass is 500 g/mol. The molecule has 2 aromatic rings. The fourth-order valence-electron chi connectivity index (χ4n) is 5.19. The minimum atomic E-state index is -2.41. The molecule has 1 aromatic carbocycles. The van der Waals surface area contributed by atoms with Gasteiger partial charge in [-0.05, 0) is 44.7 Å². The fraction of sp³-hybridized carbons (Fsp3) is 0.560. The highest BCUT2D eigenvalue weighted by molar-refractivity contribution is 8.24. The summed E-state index contributed by atoms with van der Waals surface area (Å²) in [5.74, 6) is 0.860. The standard InChI is InChI=1S/C25H32N4O3S2/c1-17-27-22(18-6-8-19(9-7-18)29-12-14-34(31,32)15-13-29)23(33-17)20-4-2-3-5-21(20)24(30)28-25(16-26)10-11-25/h6-9,20-21,31-32H,2-5,10-15H2,1H3,(H,28,30)/t20-,21-/m1/s1. The van der Waals surface area contributed by atoms with Crippen molar-refractivity contribution >= 4 is 33.5 Å². The van der Waals surface area contributed by atoms with Gasteiger partial charge in [-0.3, -0.25) is 13.9 Å². The van der Waals surface area contributed by atoms with Gasteiger partial charge in [-0.25, -0.2) is 4.98 Å². The van der Waals surface area contributed by atoms with Crippen LogP contribution in [0.2, 0.25) is 0 Å². The number of thiazole rings is 1. The summed E-state index contributed by atoms with van der Waals surface area (Å²) in [5.41, 5.74) is 2.45. The third-order valence-electron chi connectivity index (χ3n) is 7.41. The molecule has 0 bridgehead atoms. The molecule has 9 heteroatoms. The number of aryl methyl sites for hydroxylation is 1. The zero-order valence-electron chi connectivity index (χ0n) is 19.5.